The molecule has 1 saturated carbocycles. The van der Waals surface area contributed by atoms with E-state index < -0.39 is 0 Å². The van der Waals surface area contributed by atoms with Gasteiger partial charge in [0.25, 0.3) is 0 Å². The van der Waals surface area contributed by atoms with E-state index in [2.05, 4.69) is 43.1 Å². The molecule has 94 valence electrons. The molecular weight excluding hydrogens is 210 g/mol. The van der Waals surface area contributed by atoms with E-state index in [9.17, 15) is 5.11 Å². The van der Waals surface area contributed by atoms with Crippen LogP contribution in [0.25, 0.3) is 0 Å². The topological polar surface area (TPSA) is 23.5 Å². The van der Waals surface area contributed by atoms with E-state index in [-0.39, 0.29) is 6.10 Å². The van der Waals surface area contributed by atoms with E-state index in [0.29, 0.717) is 6.04 Å². The summed E-state index contributed by atoms with van der Waals surface area (Å²) in [5.41, 5.74) is 2.71. The number of hydrogen-bond acceptors (Lipinski definition) is 2. The van der Waals surface area contributed by atoms with Crippen LogP contribution in [0.15, 0.2) is 24.3 Å². The van der Waals surface area contributed by atoms with Crippen molar-refractivity contribution in [1.29, 1.82) is 0 Å². The molecule has 1 aliphatic carbocycles. The molecule has 2 heteroatoms. The number of aliphatic hydroxyl groups excluding tert-OH is 1. The molecule has 1 fully saturated rings. The smallest absolute Gasteiger partial charge is 0.0695 e. The minimum Gasteiger partial charge on any atom is -0.391 e. The van der Waals surface area contributed by atoms with Crippen molar-refractivity contribution < 1.29 is 5.11 Å². The van der Waals surface area contributed by atoms with E-state index in [1.165, 1.54) is 24.0 Å². The average molecular weight is 233 g/mol. The van der Waals surface area contributed by atoms with Gasteiger partial charge in [-0.2, -0.15) is 0 Å². The van der Waals surface area contributed by atoms with E-state index in [0.717, 1.165) is 19.4 Å². The summed E-state index contributed by atoms with van der Waals surface area (Å²) < 4.78 is 0. The molecule has 0 unspecified atom stereocenters. The van der Waals surface area contributed by atoms with E-state index in [1.54, 1.807) is 0 Å². The van der Waals surface area contributed by atoms with Crippen molar-refractivity contribution in [3.05, 3.63) is 35.4 Å². The summed E-state index contributed by atoms with van der Waals surface area (Å²) in [7, 11) is 2.13. The predicted octanol–water partition coefficient (Wildman–Crippen LogP) is 2.73. The standard InChI is InChI=1S/C15H23NO/c1-12-7-3-4-8-13(12)11-16(2)14-9-5-6-10-15(14)17/h3-4,7-8,14-15,17H,5-6,9-11H2,1-2H3/t14-,15-/m0/s1. The molecule has 2 nitrogen and oxygen atoms in total. The minimum atomic E-state index is -0.141. The van der Waals surface area contributed by atoms with Crippen LogP contribution in [0.4, 0.5) is 0 Å². The first-order valence-electron chi connectivity index (χ1n) is 6.61. The van der Waals surface area contributed by atoms with E-state index in [1.807, 2.05) is 0 Å². The van der Waals surface area contributed by atoms with Crippen molar-refractivity contribution in [3.63, 3.8) is 0 Å². The van der Waals surface area contributed by atoms with Crippen LogP contribution >= 0.6 is 0 Å². The molecule has 1 N–H and O–H groups in total. The maximum atomic E-state index is 10.0. The van der Waals surface area contributed by atoms with Gasteiger partial charge in [-0.15, -0.1) is 0 Å². The van der Waals surface area contributed by atoms with Gasteiger partial charge < -0.3 is 5.11 Å². The minimum absolute atomic E-state index is 0.141. The molecule has 0 saturated heterocycles. The molecule has 0 heterocycles. The quantitative estimate of drug-likeness (QED) is 0.867. The fraction of sp³-hybridized carbons (Fsp3) is 0.600. The predicted molar refractivity (Wildman–Crippen MR) is 70.9 cm³/mol. The van der Waals surface area contributed by atoms with Gasteiger partial charge in [0, 0.05) is 12.6 Å². The lowest BCUT2D eigenvalue weighted by Crippen LogP contribution is -2.42. The fourth-order valence-corrected chi connectivity index (χ4v) is 2.78. The van der Waals surface area contributed by atoms with Crippen LogP contribution in [0.5, 0.6) is 0 Å². The maximum absolute atomic E-state index is 10.0. The SMILES string of the molecule is Cc1ccccc1CN(C)[C@H]1CCCC[C@@H]1O. The molecule has 0 bridgehead atoms. The van der Waals surface area contributed by atoms with Crippen molar-refractivity contribution in [3.8, 4) is 0 Å². The van der Waals surface area contributed by atoms with Crippen LogP contribution in [-0.4, -0.2) is 29.2 Å². The monoisotopic (exact) mass is 233 g/mol. The number of rotatable bonds is 3. The van der Waals surface area contributed by atoms with Crippen molar-refractivity contribution in [2.75, 3.05) is 7.05 Å². The highest BCUT2D eigenvalue weighted by Crippen LogP contribution is 2.24. The third-order valence-electron chi connectivity index (χ3n) is 3.94. The van der Waals surface area contributed by atoms with Gasteiger partial charge in [0.2, 0.25) is 0 Å². The second-order valence-electron chi connectivity index (χ2n) is 5.26. The molecule has 2 rings (SSSR count). The number of benzene rings is 1. The summed E-state index contributed by atoms with van der Waals surface area (Å²) in [5.74, 6) is 0. The van der Waals surface area contributed by atoms with Gasteiger partial charge >= 0.3 is 0 Å². The molecule has 0 spiro atoms. The number of nitrogens with zero attached hydrogens (tertiary/aromatic N) is 1. The lowest BCUT2D eigenvalue weighted by atomic mass is 9.91. The molecule has 1 aliphatic rings. The number of likely N-dealkylation sites (N-methyl/N-ethyl adjacent to an activating group) is 1. The highest BCUT2D eigenvalue weighted by Gasteiger charge is 2.26. The molecule has 17 heavy (non-hydrogen) atoms. The largest absolute Gasteiger partial charge is 0.391 e. The molecule has 0 radical (unpaired) electrons. The molecule has 2 atom stereocenters. The second kappa shape index (κ2) is 5.65. The summed E-state index contributed by atoms with van der Waals surface area (Å²) in [5, 5.41) is 10.0. The second-order valence-corrected chi connectivity index (χ2v) is 5.26. The van der Waals surface area contributed by atoms with Gasteiger partial charge in [-0.05, 0) is 37.9 Å². The van der Waals surface area contributed by atoms with Gasteiger partial charge in [0.05, 0.1) is 6.10 Å². The molecule has 0 aliphatic heterocycles. The molecule has 0 amide bonds. The van der Waals surface area contributed by atoms with E-state index >= 15 is 0 Å². The van der Waals surface area contributed by atoms with Crippen LogP contribution in [0.3, 0.4) is 0 Å². The first-order valence-corrected chi connectivity index (χ1v) is 6.61. The zero-order chi connectivity index (χ0) is 12.3. The van der Waals surface area contributed by atoms with Gasteiger partial charge in [-0.3, -0.25) is 4.90 Å². The Balaban J connectivity index is 2.01. The Kier molecular flexibility index (Phi) is 4.19. The Morgan fingerprint density at radius 1 is 1.24 bits per heavy atom. The van der Waals surface area contributed by atoms with Crippen molar-refractivity contribution in [2.24, 2.45) is 0 Å². The number of aryl methyl sites for hydroxylation is 1. The Hall–Kier alpha value is -0.860. The molecular formula is C15H23NO. The normalized spacial score (nSPS) is 25.2. The van der Waals surface area contributed by atoms with Gasteiger partial charge in [0.1, 0.15) is 0 Å². The fourth-order valence-electron chi connectivity index (χ4n) is 2.78. The third-order valence-corrected chi connectivity index (χ3v) is 3.94. The van der Waals surface area contributed by atoms with Crippen LogP contribution in [0, 0.1) is 6.92 Å². The Bertz CT molecular complexity index is 364. The summed E-state index contributed by atoms with van der Waals surface area (Å²) >= 11 is 0. The highest BCUT2D eigenvalue weighted by molar-refractivity contribution is 5.25. The summed E-state index contributed by atoms with van der Waals surface area (Å²) in [6, 6.07) is 8.84. The van der Waals surface area contributed by atoms with Gasteiger partial charge in [-0.25, -0.2) is 0 Å². The Morgan fingerprint density at radius 2 is 1.94 bits per heavy atom. The van der Waals surface area contributed by atoms with Crippen molar-refractivity contribution in [2.45, 2.75) is 51.3 Å². The molecule has 1 aromatic carbocycles. The first-order chi connectivity index (χ1) is 8.18. The zero-order valence-electron chi connectivity index (χ0n) is 10.9. The van der Waals surface area contributed by atoms with Crippen molar-refractivity contribution >= 4 is 0 Å². The molecule has 0 aromatic heterocycles. The summed E-state index contributed by atoms with van der Waals surface area (Å²) in [6.07, 6.45) is 4.37. The van der Waals surface area contributed by atoms with E-state index in [4.69, 9.17) is 0 Å². The third kappa shape index (κ3) is 3.08. The lowest BCUT2D eigenvalue weighted by molar-refractivity contribution is 0.0287. The Morgan fingerprint density at radius 3 is 2.65 bits per heavy atom. The van der Waals surface area contributed by atoms with Crippen LogP contribution in [0.2, 0.25) is 0 Å². The first kappa shape index (κ1) is 12.6. The molecule has 1 aromatic rings. The average Bonchev–Trinajstić information content (AvgIpc) is 2.32. The maximum Gasteiger partial charge on any atom is 0.0695 e. The Labute approximate surface area is 104 Å². The van der Waals surface area contributed by atoms with Crippen molar-refractivity contribution in [1.82, 2.24) is 4.90 Å². The lowest BCUT2D eigenvalue weighted by Gasteiger charge is -2.35. The highest BCUT2D eigenvalue weighted by atomic mass is 16.3. The van der Waals surface area contributed by atoms with Gasteiger partial charge in [-0.1, -0.05) is 37.1 Å². The number of hydrogen-bond donors (Lipinski definition) is 1. The van der Waals surface area contributed by atoms with Crippen LogP contribution in [-0.2, 0) is 6.54 Å². The number of aliphatic hydroxyl groups is 1. The summed E-state index contributed by atoms with van der Waals surface area (Å²) in [4.78, 5) is 2.31. The van der Waals surface area contributed by atoms with Crippen LogP contribution < -0.4 is 0 Å². The summed E-state index contributed by atoms with van der Waals surface area (Å²) in [6.45, 7) is 3.09. The van der Waals surface area contributed by atoms with Gasteiger partial charge in [0.15, 0.2) is 0 Å². The zero-order valence-corrected chi connectivity index (χ0v) is 10.9. The van der Waals surface area contributed by atoms with Crippen LogP contribution in [0.1, 0.15) is 36.8 Å².